The summed E-state index contributed by atoms with van der Waals surface area (Å²) in [5.41, 5.74) is 7.10. The fraction of sp³-hybridized carbons (Fsp3) is 0.571. The van der Waals surface area contributed by atoms with Gasteiger partial charge in [-0.05, 0) is 17.7 Å². The highest BCUT2D eigenvalue weighted by Crippen LogP contribution is 2.31. The molecule has 2 N–H and O–H groups in total. The lowest BCUT2D eigenvalue weighted by Gasteiger charge is -2.34. The Morgan fingerprint density at radius 2 is 1.89 bits per heavy atom. The molecule has 5 nitrogen and oxygen atoms in total. The molecule has 0 unspecified atom stereocenters. The van der Waals surface area contributed by atoms with Crippen LogP contribution >= 0.6 is 0 Å². The van der Waals surface area contributed by atoms with Crippen LogP contribution < -0.4 is 15.2 Å². The van der Waals surface area contributed by atoms with Crippen LogP contribution in [0, 0.1) is 0 Å². The van der Waals surface area contributed by atoms with Crippen molar-refractivity contribution in [3.63, 3.8) is 0 Å². The van der Waals surface area contributed by atoms with Gasteiger partial charge in [0.15, 0.2) is 11.5 Å². The normalized spacial score (nSPS) is 18.1. The predicted molar refractivity (Wildman–Crippen MR) is 73.7 cm³/mol. The SMILES string of the molecule is COc1ccc([C@H](CN)N2CCOCC2)cc1OC. The largest absolute Gasteiger partial charge is 0.493 e. The van der Waals surface area contributed by atoms with Crippen LogP contribution in [-0.4, -0.2) is 52.0 Å². The fourth-order valence-corrected chi connectivity index (χ4v) is 2.45. The lowest BCUT2D eigenvalue weighted by molar-refractivity contribution is 0.0178. The molecule has 0 amide bonds. The van der Waals surface area contributed by atoms with Gasteiger partial charge >= 0.3 is 0 Å². The molecule has 5 heteroatoms. The smallest absolute Gasteiger partial charge is 0.161 e. The van der Waals surface area contributed by atoms with Gasteiger partial charge in [-0.1, -0.05) is 6.07 Å². The van der Waals surface area contributed by atoms with Gasteiger partial charge in [0, 0.05) is 25.7 Å². The summed E-state index contributed by atoms with van der Waals surface area (Å²) < 4.78 is 16.0. The molecule has 1 heterocycles. The molecule has 0 radical (unpaired) electrons. The summed E-state index contributed by atoms with van der Waals surface area (Å²) in [4.78, 5) is 2.35. The quantitative estimate of drug-likeness (QED) is 0.863. The second kappa shape index (κ2) is 6.75. The van der Waals surface area contributed by atoms with Crippen LogP contribution in [0.3, 0.4) is 0 Å². The average Bonchev–Trinajstić information content (AvgIpc) is 2.49. The highest BCUT2D eigenvalue weighted by Gasteiger charge is 2.22. The van der Waals surface area contributed by atoms with Gasteiger partial charge in [0.1, 0.15) is 0 Å². The Labute approximate surface area is 114 Å². The molecule has 1 aliphatic heterocycles. The molecule has 0 saturated carbocycles. The maximum absolute atomic E-state index is 5.94. The van der Waals surface area contributed by atoms with Crippen molar-refractivity contribution in [2.75, 3.05) is 47.1 Å². The first-order chi connectivity index (χ1) is 9.30. The van der Waals surface area contributed by atoms with E-state index >= 15 is 0 Å². The maximum Gasteiger partial charge on any atom is 0.161 e. The number of rotatable bonds is 5. The molecule has 0 aromatic heterocycles. The first-order valence-electron chi connectivity index (χ1n) is 6.54. The van der Waals surface area contributed by atoms with Gasteiger partial charge in [0.25, 0.3) is 0 Å². The second-order valence-corrected chi connectivity index (χ2v) is 4.51. The zero-order valence-corrected chi connectivity index (χ0v) is 11.6. The first kappa shape index (κ1) is 14.1. The Morgan fingerprint density at radius 1 is 1.21 bits per heavy atom. The molecule has 19 heavy (non-hydrogen) atoms. The summed E-state index contributed by atoms with van der Waals surface area (Å²) in [6.07, 6.45) is 0. The van der Waals surface area contributed by atoms with E-state index in [1.54, 1.807) is 14.2 Å². The van der Waals surface area contributed by atoms with Crippen LogP contribution in [0.2, 0.25) is 0 Å². The topological polar surface area (TPSA) is 57.0 Å². The van der Waals surface area contributed by atoms with Crippen LogP contribution in [-0.2, 0) is 4.74 Å². The Hall–Kier alpha value is -1.30. The summed E-state index contributed by atoms with van der Waals surface area (Å²) in [6, 6.07) is 6.18. The maximum atomic E-state index is 5.94. The van der Waals surface area contributed by atoms with Crippen LogP contribution in [0.5, 0.6) is 11.5 Å². The van der Waals surface area contributed by atoms with Gasteiger partial charge in [-0.3, -0.25) is 4.90 Å². The Balaban J connectivity index is 2.22. The highest BCUT2D eigenvalue weighted by atomic mass is 16.5. The minimum atomic E-state index is 0.198. The Bertz CT molecular complexity index is 406. The monoisotopic (exact) mass is 266 g/mol. The minimum absolute atomic E-state index is 0.198. The van der Waals surface area contributed by atoms with Gasteiger partial charge in [-0.25, -0.2) is 0 Å². The van der Waals surface area contributed by atoms with Crippen molar-refractivity contribution in [3.8, 4) is 11.5 Å². The van der Waals surface area contributed by atoms with Crippen LogP contribution in [0.4, 0.5) is 0 Å². The van der Waals surface area contributed by atoms with E-state index < -0.39 is 0 Å². The van der Waals surface area contributed by atoms with Crippen LogP contribution in [0.15, 0.2) is 18.2 Å². The third kappa shape index (κ3) is 3.18. The van der Waals surface area contributed by atoms with Crippen molar-refractivity contribution in [3.05, 3.63) is 23.8 Å². The summed E-state index contributed by atoms with van der Waals surface area (Å²) in [7, 11) is 3.29. The number of nitrogens with zero attached hydrogens (tertiary/aromatic N) is 1. The van der Waals surface area contributed by atoms with E-state index in [-0.39, 0.29) is 6.04 Å². The van der Waals surface area contributed by atoms with E-state index in [1.165, 1.54) is 0 Å². The van der Waals surface area contributed by atoms with Crippen LogP contribution in [0.1, 0.15) is 11.6 Å². The van der Waals surface area contributed by atoms with Crippen molar-refractivity contribution >= 4 is 0 Å². The molecule has 1 aromatic carbocycles. The zero-order valence-electron chi connectivity index (χ0n) is 11.6. The van der Waals surface area contributed by atoms with E-state index in [1.807, 2.05) is 18.2 Å². The van der Waals surface area contributed by atoms with Crippen molar-refractivity contribution in [1.29, 1.82) is 0 Å². The standard InChI is InChI=1S/C14H22N2O3/c1-17-13-4-3-11(9-14(13)18-2)12(10-15)16-5-7-19-8-6-16/h3-4,9,12H,5-8,10,15H2,1-2H3/t12-/m0/s1. The highest BCUT2D eigenvalue weighted by molar-refractivity contribution is 5.43. The van der Waals surface area contributed by atoms with Crippen molar-refractivity contribution in [1.82, 2.24) is 4.90 Å². The van der Waals surface area contributed by atoms with Gasteiger partial charge in [-0.2, -0.15) is 0 Å². The van der Waals surface area contributed by atoms with Gasteiger partial charge in [0.2, 0.25) is 0 Å². The van der Waals surface area contributed by atoms with Gasteiger partial charge < -0.3 is 19.9 Å². The third-order valence-corrected chi connectivity index (χ3v) is 3.50. The molecule has 0 spiro atoms. The molecular formula is C14H22N2O3. The zero-order chi connectivity index (χ0) is 13.7. The molecule has 1 aromatic rings. The van der Waals surface area contributed by atoms with E-state index in [0.717, 1.165) is 43.4 Å². The van der Waals surface area contributed by atoms with Crippen molar-refractivity contribution in [2.45, 2.75) is 6.04 Å². The second-order valence-electron chi connectivity index (χ2n) is 4.51. The Morgan fingerprint density at radius 3 is 2.47 bits per heavy atom. The number of hydrogen-bond acceptors (Lipinski definition) is 5. The molecular weight excluding hydrogens is 244 g/mol. The number of hydrogen-bond donors (Lipinski definition) is 1. The number of benzene rings is 1. The summed E-state index contributed by atoms with van der Waals surface area (Å²) in [6.45, 7) is 3.94. The first-order valence-corrected chi connectivity index (χ1v) is 6.54. The average molecular weight is 266 g/mol. The molecule has 0 bridgehead atoms. The van der Waals surface area contributed by atoms with Crippen molar-refractivity contribution < 1.29 is 14.2 Å². The van der Waals surface area contributed by atoms with E-state index in [2.05, 4.69) is 4.90 Å². The molecule has 2 rings (SSSR count). The Kier molecular flexibility index (Phi) is 5.01. The molecule has 1 fully saturated rings. The van der Waals surface area contributed by atoms with E-state index in [9.17, 15) is 0 Å². The molecule has 1 aliphatic rings. The summed E-state index contributed by atoms with van der Waals surface area (Å²) in [5.74, 6) is 1.48. The summed E-state index contributed by atoms with van der Waals surface area (Å²) in [5, 5.41) is 0. The summed E-state index contributed by atoms with van der Waals surface area (Å²) >= 11 is 0. The number of morpholine rings is 1. The number of nitrogens with two attached hydrogens (primary N) is 1. The van der Waals surface area contributed by atoms with E-state index in [4.69, 9.17) is 19.9 Å². The molecule has 106 valence electrons. The molecule has 0 aliphatic carbocycles. The van der Waals surface area contributed by atoms with Crippen LogP contribution in [0.25, 0.3) is 0 Å². The lowest BCUT2D eigenvalue weighted by Crippen LogP contribution is -2.41. The predicted octanol–water partition coefficient (Wildman–Crippen LogP) is 1.04. The number of ether oxygens (including phenoxy) is 3. The third-order valence-electron chi connectivity index (χ3n) is 3.50. The van der Waals surface area contributed by atoms with Crippen molar-refractivity contribution in [2.24, 2.45) is 5.73 Å². The van der Waals surface area contributed by atoms with E-state index in [0.29, 0.717) is 6.54 Å². The molecule has 1 saturated heterocycles. The minimum Gasteiger partial charge on any atom is -0.493 e. The number of methoxy groups -OCH3 is 2. The molecule has 1 atom stereocenters. The fourth-order valence-electron chi connectivity index (χ4n) is 2.45. The van der Waals surface area contributed by atoms with Gasteiger partial charge in [0.05, 0.1) is 27.4 Å². The lowest BCUT2D eigenvalue weighted by atomic mass is 10.0. The van der Waals surface area contributed by atoms with Gasteiger partial charge in [-0.15, -0.1) is 0 Å².